The molecule has 1 radical (unpaired) electrons. The number of ether oxygens (including phenoxy) is 2. The Kier molecular flexibility index (Phi) is 2.39. The number of alkyl halides is 1. The summed E-state index contributed by atoms with van der Waals surface area (Å²) in [6.45, 7) is 0. The average Bonchev–Trinajstić information content (AvgIpc) is 2.16. The predicted octanol–water partition coefficient (Wildman–Crippen LogP) is -1.96. The number of aliphatic imine (C=N–C) groups is 1. The van der Waals surface area contributed by atoms with E-state index in [-0.39, 0.29) is 35.5 Å². The van der Waals surface area contributed by atoms with Crippen LogP contribution in [0.1, 0.15) is 8.22 Å². The molecule has 13 heavy (non-hydrogen) atoms. The van der Waals surface area contributed by atoms with Crippen molar-refractivity contribution in [1.29, 1.82) is 0 Å². The van der Waals surface area contributed by atoms with Crippen LogP contribution in [-0.4, -0.2) is 26.2 Å². The van der Waals surface area contributed by atoms with Crippen molar-refractivity contribution < 1.29 is 30.1 Å². The second-order valence-electron chi connectivity index (χ2n) is 1.92. The number of nitrogens with zero attached hydrogens (tertiary/aromatic N) is 1. The quantitative estimate of drug-likeness (QED) is 0.526. The highest BCUT2D eigenvalue weighted by atomic mass is 35.5. The Balaban J connectivity index is 0.00000324. The minimum Gasteiger partial charge on any atom is -1.00 e. The zero-order valence-electron chi connectivity index (χ0n) is 12.4. The summed E-state index contributed by atoms with van der Waals surface area (Å²) in [4.78, 5) is 3.80. The monoisotopic (exact) mass is 228 g/mol. The third kappa shape index (κ3) is 2.64. The molecule has 0 saturated carbocycles. The maximum atomic E-state index is 7.01. The lowest BCUT2D eigenvalue weighted by Gasteiger charge is -2.07. The zero-order chi connectivity index (χ0) is 14.0. The summed E-state index contributed by atoms with van der Waals surface area (Å²) in [5.41, 5.74) is 0.0922. The Morgan fingerprint density at radius 2 is 2.31 bits per heavy atom. The van der Waals surface area contributed by atoms with Crippen LogP contribution in [0.3, 0.4) is 0 Å². The van der Waals surface area contributed by atoms with E-state index in [2.05, 4.69) is 14.5 Å². The molecule has 1 heterocycles. The lowest BCUT2D eigenvalue weighted by molar-refractivity contribution is -0.00000309. The van der Waals surface area contributed by atoms with Gasteiger partial charge in [-0.05, 0) is 0 Å². The molecular formula is C8H10Cl2NO2. The van der Waals surface area contributed by atoms with Gasteiger partial charge in [-0.1, -0.05) is 0 Å². The fourth-order valence-electron chi connectivity index (χ4n) is 0.756. The van der Waals surface area contributed by atoms with Crippen LogP contribution in [0.15, 0.2) is 23.3 Å². The Labute approximate surface area is 96.9 Å². The zero-order valence-corrected chi connectivity index (χ0v) is 7.89. The van der Waals surface area contributed by atoms with E-state index < -0.39 is 14.1 Å². The molecule has 1 rings (SSSR count). The highest BCUT2D eigenvalue weighted by molar-refractivity contribution is 6.19. The van der Waals surface area contributed by atoms with Crippen molar-refractivity contribution in [3.8, 4) is 0 Å². The highest BCUT2D eigenvalue weighted by Gasteiger charge is 2.23. The molecule has 0 saturated heterocycles. The summed E-state index contributed by atoms with van der Waals surface area (Å²) >= 11 is 5.58. The fraction of sp³-hybridized carbons (Fsp3) is 0.375. The van der Waals surface area contributed by atoms with Gasteiger partial charge in [0.1, 0.15) is 5.88 Å². The van der Waals surface area contributed by atoms with Gasteiger partial charge in [0.2, 0.25) is 12.0 Å². The van der Waals surface area contributed by atoms with Crippen molar-refractivity contribution in [2.75, 3.05) is 20.0 Å². The van der Waals surface area contributed by atoms with E-state index in [4.69, 9.17) is 19.8 Å². The van der Waals surface area contributed by atoms with Crippen molar-refractivity contribution in [3.63, 3.8) is 0 Å². The first-order chi connectivity index (χ1) is 8.12. The molecule has 5 heteroatoms. The number of methoxy groups -OCH3 is 2. The maximum absolute atomic E-state index is 7.01. The molecule has 0 bridgehead atoms. The van der Waals surface area contributed by atoms with Crippen LogP contribution in [0.25, 0.3) is 0 Å². The Morgan fingerprint density at radius 1 is 1.54 bits per heavy atom. The topological polar surface area (TPSA) is 32.6 Å². The van der Waals surface area contributed by atoms with E-state index >= 15 is 0 Å². The van der Waals surface area contributed by atoms with Crippen LogP contribution < -0.4 is 17.4 Å². The smallest absolute Gasteiger partial charge is 0.313 e. The number of halogens is 2. The molecule has 0 aliphatic carbocycles. The maximum Gasteiger partial charge on any atom is 0.313 e. The minimum absolute atomic E-state index is 0. The van der Waals surface area contributed by atoms with Crippen LogP contribution in [0, 0.1) is 0 Å². The molecular weight excluding hydrogens is 213 g/mol. The molecule has 1 aliphatic heterocycles. The lowest BCUT2D eigenvalue weighted by atomic mass is 10.3. The van der Waals surface area contributed by atoms with Crippen LogP contribution in [0.2, 0.25) is 0 Å². The first-order valence-electron chi connectivity index (χ1n) is 6.04. The van der Waals surface area contributed by atoms with Gasteiger partial charge in [-0.15, -0.1) is 11.6 Å². The van der Waals surface area contributed by atoms with E-state index in [0.717, 1.165) is 0 Å². The first kappa shape index (κ1) is 5.27. The van der Waals surface area contributed by atoms with E-state index in [1.165, 1.54) is 12.3 Å². The average molecular weight is 229 g/mol. The van der Waals surface area contributed by atoms with Gasteiger partial charge < -0.3 is 21.9 Å². The van der Waals surface area contributed by atoms with Crippen molar-refractivity contribution >= 4 is 17.8 Å². The van der Waals surface area contributed by atoms with Crippen LogP contribution >= 0.6 is 11.6 Å². The Hall–Kier alpha value is -0.670. The van der Waals surface area contributed by atoms with Gasteiger partial charge in [0, 0.05) is 0 Å². The molecule has 0 aromatic carbocycles. The van der Waals surface area contributed by atoms with Crippen molar-refractivity contribution in [3.05, 3.63) is 23.3 Å². The van der Waals surface area contributed by atoms with Gasteiger partial charge in [-0.3, -0.25) is 0 Å². The van der Waals surface area contributed by atoms with Gasteiger partial charge in [-0.2, -0.15) is 0 Å². The summed E-state index contributed by atoms with van der Waals surface area (Å²) in [7, 11) is -5.48. The van der Waals surface area contributed by atoms with E-state index in [1.54, 1.807) is 0 Å². The van der Waals surface area contributed by atoms with Gasteiger partial charge in [0.25, 0.3) is 0 Å². The third-order valence-electron chi connectivity index (χ3n) is 1.28. The molecule has 73 valence electrons. The van der Waals surface area contributed by atoms with Gasteiger partial charge >= 0.3 is 5.70 Å². The summed E-state index contributed by atoms with van der Waals surface area (Å²) in [6, 6.07) is 0. The van der Waals surface area contributed by atoms with Gasteiger partial charge in [0.15, 0.2) is 5.76 Å². The molecule has 0 atom stereocenters. The van der Waals surface area contributed by atoms with Crippen molar-refractivity contribution in [2.45, 2.75) is 0 Å². The van der Waals surface area contributed by atoms with E-state index in [9.17, 15) is 0 Å². The second kappa shape index (κ2) is 5.89. The third-order valence-corrected chi connectivity index (χ3v) is 1.53. The number of hydrogen-bond donors (Lipinski definition) is 0. The first-order valence-corrected chi connectivity index (χ1v) is 3.58. The van der Waals surface area contributed by atoms with Crippen LogP contribution in [0.4, 0.5) is 0 Å². The van der Waals surface area contributed by atoms with Crippen molar-refractivity contribution in [1.82, 2.24) is 4.99 Å². The molecule has 0 amide bonds. The number of allylic oxidation sites excluding steroid dienone is 2. The lowest BCUT2D eigenvalue weighted by Crippen LogP contribution is -3.00. The molecule has 3 nitrogen and oxygen atoms in total. The molecule has 0 aromatic rings. The minimum atomic E-state index is -2.75. The molecule has 0 fully saturated rings. The number of rotatable bonds is 3. The van der Waals surface area contributed by atoms with Crippen LogP contribution in [0.5, 0.6) is 0 Å². The Morgan fingerprint density at radius 3 is 2.92 bits per heavy atom. The van der Waals surface area contributed by atoms with Gasteiger partial charge in [-0.25, -0.2) is 0 Å². The SMILES string of the molecule is [2H]C([2H])([2H])OC1=CC=[N+]C(CCl)=C1OC([2H])([2H])[2H].[Cl-]. The van der Waals surface area contributed by atoms with E-state index in [0.29, 0.717) is 0 Å². The molecule has 0 spiro atoms. The highest BCUT2D eigenvalue weighted by Crippen LogP contribution is 2.17. The standard InChI is InChI=1S/C8H10ClNO2.ClH/c1-11-7-3-4-10-6(5-9)8(7)12-2;/h3-4H,5H2,1-2H3;1H/q+1;/p-1/i1D3,2D3;. The summed E-state index contributed by atoms with van der Waals surface area (Å²) in [5.74, 6) is -0.663. The summed E-state index contributed by atoms with van der Waals surface area (Å²) in [5, 5.41) is 0. The second-order valence-corrected chi connectivity index (χ2v) is 2.19. The summed E-state index contributed by atoms with van der Waals surface area (Å²) in [6.07, 6.45) is 2.45. The normalized spacial score (nSPS) is 23.6. The van der Waals surface area contributed by atoms with Crippen LogP contribution in [-0.2, 0) is 9.47 Å². The van der Waals surface area contributed by atoms with E-state index in [1.807, 2.05) is 0 Å². The predicted molar refractivity (Wildman–Crippen MR) is 48.0 cm³/mol. The van der Waals surface area contributed by atoms with Gasteiger partial charge in [0.05, 0.1) is 33.4 Å². The molecule has 0 N–H and O–H groups in total. The number of hydrogen-bond acceptors (Lipinski definition) is 3. The van der Waals surface area contributed by atoms with Crippen molar-refractivity contribution in [2.24, 2.45) is 0 Å². The molecule has 0 unspecified atom stereocenters. The Bertz CT molecular complexity index is 412. The largest absolute Gasteiger partial charge is 1.00 e. The fourth-order valence-corrected chi connectivity index (χ4v) is 0.947. The molecule has 0 aromatic heterocycles. The summed E-state index contributed by atoms with van der Waals surface area (Å²) < 4.78 is 51.3. The molecule has 1 aliphatic rings.